The Morgan fingerprint density at radius 1 is 1.16 bits per heavy atom. The van der Waals surface area contributed by atoms with Gasteiger partial charge in [-0.05, 0) is 54.2 Å². The monoisotopic (exact) mass is 360 g/mol. The van der Waals surface area contributed by atoms with Gasteiger partial charge in [0, 0.05) is 11.8 Å². The summed E-state index contributed by atoms with van der Waals surface area (Å²) in [4.78, 5) is 4.42. The van der Waals surface area contributed by atoms with Gasteiger partial charge in [-0.15, -0.1) is 0 Å². The molecule has 0 amide bonds. The number of aromatic nitrogens is 1. The van der Waals surface area contributed by atoms with Crippen LogP contribution in [0.4, 0.5) is 0 Å². The van der Waals surface area contributed by atoms with Crippen LogP contribution in [-0.4, -0.2) is 8.65 Å². The van der Waals surface area contributed by atoms with Crippen LogP contribution >= 0.6 is 20.7 Å². The van der Waals surface area contributed by atoms with E-state index in [0.29, 0.717) is 0 Å². The number of fused-ring (bicyclic) bond motifs is 1. The molecular formula is C16H13IN2. The molecule has 0 saturated heterocycles. The van der Waals surface area contributed by atoms with Crippen LogP contribution in [0.1, 0.15) is 28.4 Å². The van der Waals surface area contributed by atoms with Gasteiger partial charge in [-0.1, -0.05) is 34.0 Å². The fourth-order valence-corrected chi connectivity index (χ4v) is 3.34. The van der Waals surface area contributed by atoms with Crippen molar-refractivity contribution < 1.29 is 0 Å². The highest BCUT2D eigenvalue weighted by atomic mass is 127. The highest BCUT2D eigenvalue weighted by Gasteiger charge is 2.14. The van der Waals surface area contributed by atoms with Crippen LogP contribution in [0.2, 0.25) is 0 Å². The SMILES string of the molecule is NC(c1ccccc1)c1ccnc2c1C=C=IC=C2. The molecule has 1 aromatic heterocycles. The first kappa shape index (κ1) is 12.5. The van der Waals surface area contributed by atoms with E-state index in [-0.39, 0.29) is 26.8 Å². The number of hydrogen-bond acceptors (Lipinski definition) is 2. The van der Waals surface area contributed by atoms with E-state index in [1.54, 1.807) is 0 Å². The molecule has 19 heavy (non-hydrogen) atoms. The molecule has 2 N–H and O–H groups in total. The molecule has 1 aliphatic heterocycles. The van der Waals surface area contributed by atoms with E-state index in [0.717, 1.165) is 22.4 Å². The van der Waals surface area contributed by atoms with Crippen LogP contribution in [0, 0.1) is 0 Å². The predicted octanol–water partition coefficient (Wildman–Crippen LogP) is 3.50. The van der Waals surface area contributed by atoms with Crippen molar-refractivity contribution in [1.29, 1.82) is 0 Å². The van der Waals surface area contributed by atoms with Gasteiger partial charge in [0.2, 0.25) is 0 Å². The number of pyridine rings is 1. The number of rotatable bonds is 2. The summed E-state index contributed by atoms with van der Waals surface area (Å²) in [7, 11) is 0. The summed E-state index contributed by atoms with van der Waals surface area (Å²) in [6, 6.07) is 12.0. The minimum Gasteiger partial charge on any atom is -0.320 e. The average Bonchev–Trinajstić information content (AvgIpc) is 2.72. The number of nitrogens with two attached hydrogens (primary N) is 1. The lowest BCUT2D eigenvalue weighted by Gasteiger charge is -2.16. The van der Waals surface area contributed by atoms with Crippen molar-refractivity contribution in [2.45, 2.75) is 6.04 Å². The topological polar surface area (TPSA) is 38.9 Å². The van der Waals surface area contributed by atoms with E-state index in [1.807, 2.05) is 36.5 Å². The number of nitrogens with zero attached hydrogens (tertiary/aromatic N) is 1. The highest BCUT2D eigenvalue weighted by molar-refractivity contribution is 14.2. The van der Waals surface area contributed by atoms with E-state index in [2.05, 4.69) is 30.9 Å². The summed E-state index contributed by atoms with van der Waals surface area (Å²) < 4.78 is 5.53. The molecule has 0 saturated carbocycles. The molecule has 0 fully saturated rings. The first-order valence-electron chi connectivity index (χ1n) is 6.03. The maximum absolute atomic E-state index is 6.40. The lowest BCUT2D eigenvalue weighted by molar-refractivity contribution is 0.864. The third kappa shape index (κ3) is 2.59. The Hall–Kier alpha value is -1.55. The van der Waals surface area contributed by atoms with Crippen molar-refractivity contribution in [2.24, 2.45) is 5.73 Å². The summed E-state index contributed by atoms with van der Waals surface area (Å²) >= 11 is -0.116. The molecule has 0 bridgehead atoms. The Kier molecular flexibility index (Phi) is 3.69. The molecule has 1 atom stereocenters. The van der Waals surface area contributed by atoms with Gasteiger partial charge in [0.05, 0.1) is 11.7 Å². The fourth-order valence-electron chi connectivity index (χ4n) is 2.12. The van der Waals surface area contributed by atoms with Gasteiger partial charge >= 0.3 is 0 Å². The molecule has 1 aromatic carbocycles. The maximum atomic E-state index is 6.40. The predicted molar refractivity (Wildman–Crippen MR) is 89.2 cm³/mol. The molecule has 0 aliphatic carbocycles. The quantitative estimate of drug-likeness (QED) is 0.833. The highest BCUT2D eigenvalue weighted by Crippen LogP contribution is 2.27. The van der Waals surface area contributed by atoms with Crippen LogP contribution in [0.5, 0.6) is 0 Å². The molecule has 2 nitrogen and oxygen atoms in total. The molecule has 3 heteroatoms. The van der Waals surface area contributed by atoms with Crippen LogP contribution in [0.15, 0.2) is 46.7 Å². The van der Waals surface area contributed by atoms with E-state index < -0.39 is 0 Å². The average molecular weight is 360 g/mol. The van der Waals surface area contributed by atoms with E-state index in [4.69, 9.17) is 5.73 Å². The van der Waals surface area contributed by atoms with Gasteiger partial charge in [-0.25, -0.2) is 0 Å². The molecule has 0 radical (unpaired) electrons. The number of benzene rings is 1. The summed E-state index contributed by atoms with van der Waals surface area (Å²) in [6.07, 6.45) is 5.97. The smallest absolute Gasteiger partial charge is 0.0716 e. The second-order valence-corrected chi connectivity index (χ2v) is 6.21. The lowest BCUT2D eigenvalue weighted by atomic mass is 9.95. The standard InChI is InChI=1S/C16H13IN2/c18-16(12-4-2-1-3-5-12)14-8-11-19-15-7-10-17-9-6-13(14)15/h1-8,10-11,16H,18H2. The Labute approximate surface area is 122 Å². The first-order chi connectivity index (χ1) is 9.36. The largest absolute Gasteiger partial charge is 0.320 e. The zero-order valence-corrected chi connectivity index (χ0v) is 12.4. The summed E-state index contributed by atoms with van der Waals surface area (Å²) in [5.74, 6) is 0. The van der Waals surface area contributed by atoms with Gasteiger partial charge in [-0.3, -0.25) is 4.98 Å². The molecule has 2 aromatic rings. The van der Waals surface area contributed by atoms with Crippen molar-refractivity contribution >= 4 is 36.5 Å². The molecule has 94 valence electrons. The van der Waals surface area contributed by atoms with Gasteiger partial charge in [-0.2, -0.15) is 0 Å². The van der Waals surface area contributed by atoms with Gasteiger partial charge in [0.1, 0.15) is 0 Å². The minimum atomic E-state index is -0.124. The van der Waals surface area contributed by atoms with Gasteiger partial charge in [0.25, 0.3) is 0 Å². The Morgan fingerprint density at radius 3 is 2.84 bits per heavy atom. The van der Waals surface area contributed by atoms with E-state index >= 15 is 0 Å². The number of halogens is 1. The van der Waals surface area contributed by atoms with Crippen LogP contribution in [0.25, 0.3) is 12.2 Å². The van der Waals surface area contributed by atoms with Crippen molar-refractivity contribution in [3.05, 3.63) is 69.1 Å². The zero-order valence-electron chi connectivity index (χ0n) is 10.3. The Bertz CT molecular complexity index is 683. The molecule has 0 spiro atoms. The Balaban J connectivity index is 2.12. The minimum absolute atomic E-state index is 0.116. The van der Waals surface area contributed by atoms with E-state index in [1.165, 1.54) is 0 Å². The van der Waals surface area contributed by atoms with Gasteiger partial charge < -0.3 is 5.73 Å². The van der Waals surface area contributed by atoms with Crippen molar-refractivity contribution in [2.75, 3.05) is 0 Å². The van der Waals surface area contributed by atoms with Crippen LogP contribution < -0.4 is 5.73 Å². The second-order valence-electron chi connectivity index (χ2n) is 4.24. The lowest BCUT2D eigenvalue weighted by Crippen LogP contribution is -2.14. The van der Waals surface area contributed by atoms with Crippen molar-refractivity contribution in [3.63, 3.8) is 0 Å². The fraction of sp³-hybridized carbons (Fsp3) is 0.0625. The molecule has 1 unspecified atom stereocenters. The Morgan fingerprint density at radius 2 is 2.00 bits per heavy atom. The number of hydrogen-bond donors (Lipinski definition) is 1. The summed E-state index contributed by atoms with van der Waals surface area (Å²) in [5, 5.41) is 0. The molecule has 3 rings (SSSR count). The van der Waals surface area contributed by atoms with E-state index in [9.17, 15) is 0 Å². The van der Waals surface area contributed by atoms with Crippen molar-refractivity contribution in [3.8, 4) is 0 Å². The third-order valence-electron chi connectivity index (χ3n) is 3.09. The third-order valence-corrected chi connectivity index (χ3v) is 4.48. The molecular weight excluding hydrogens is 347 g/mol. The second kappa shape index (κ2) is 5.61. The normalized spacial score (nSPS) is 14.4. The van der Waals surface area contributed by atoms with Crippen LogP contribution in [0.3, 0.4) is 0 Å². The zero-order chi connectivity index (χ0) is 13.1. The van der Waals surface area contributed by atoms with Gasteiger partial charge in [0.15, 0.2) is 0 Å². The summed E-state index contributed by atoms with van der Waals surface area (Å²) in [5.41, 5.74) is 10.7. The summed E-state index contributed by atoms with van der Waals surface area (Å²) in [6.45, 7) is 0. The van der Waals surface area contributed by atoms with Crippen LogP contribution in [-0.2, 0) is 0 Å². The van der Waals surface area contributed by atoms with Crippen molar-refractivity contribution in [1.82, 2.24) is 4.98 Å². The molecule has 1 aliphatic rings. The molecule has 2 heterocycles. The maximum Gasteiger partial charge on any atom is 0.0716 e. The first-order valence-corrected chi connectivity index (χ1v) is 8.36.